The van der Waals surface area contributed by atoms with Crippen molar-refractivity contribution >= 4 is 14.1 Å². The molecule has 0 aliphatic heterocycles. The highest BCUT2D eigenvalue weighted by Crippen LogP contribution is 2.70. The summed E-state index contributed by atoms with van der Waals surface area (Å²) >= 11 is -0.938. The number of hydrogen-bond donors (Lipinski definition) is 0. The molecule has 0 aromatic carbocycles. The summed E-state index contributed by atoms with van der Waals surface area (Å²) < 4.78 is 2.48. The molecular formula is C27H51Al. The van der Waals surface area contributed by atoms with Crippen LogP contribution in [0.4, 0.5) is 0 Å². The van der Waals surface area contributed by atoms with Gasteiger partial charge in [-0.05, 0) is 0 Å². The molecule has 3 rings (SSSR count). The molecule has 3 aliphatic carbocycles. The lowest BCUT2D eigenvalue weighted by atomic mass is 9.81. The number of hydrogen-bond acceptors (Lipinski definition) is 0. The molecule has 0 saturated heterocycles. The molecule has 28 heavy (non-hydrogen) atoms. The first kappa shape index (κ1) is 23.2. The van der Waals surface area contributed by atoms with Gasteiger partial charge in [0.1, 0.15) is 0 Å². The van der Waals surface area contributed by atoms with Gasteiger partial charge in [0.15, 0.2) is 0 Å². The zero-order valence-electron chi connectivity index (χ0n) is 19.9. The van der Waals surface area contributed by atoms with Crippen LogP contribution in [0, 0.1) is 0 Å². The van der Waals surface area contributed by atoms with Gasteiger partial charge in [0, 0.05) is 0 Å². The van der Waals surface area contributed by atoms with Gasteiger partial charge in [-0.3, -0.25) is 0 Å². The second-order valence-corrected chi connectivity index (χ2v) is 16.0. The first-order chi connectivity index (χ1) is 13.7. The second-order valence-electron chi connectivity index (χ2n) is 11.5. The van der Waals surface area contributed by atoms with Crippen LogP contribution in [0.1, 0.15) is 156 Å². The molecule has 0 radical (unpaired) electrons. The van der Waals surface area contributed by atoms with E-state index in [9.17, 15) is 0 Å². The summed E-state index contributed by atoms with van der Waals surface area (Å²) in [6.07, 6.45) is 32.9. The van der Waals surface area contributed by atoms with Crippen molar-refractivity contribution in [2.75, 3.05) is 0 Å². The highest BCUT2D eigenvalue weighted by molar-refractivity contribution is 6.69. The van der Waals surface area contributed by atoms with E-state index in [1.807, 2.05) is 0 Å². The summed E-state index contributed by atoms with van der Waals surface area (Å²) in [4.78, 5) is 0. The molecule has 0 bridgehead atoms. The summed E-state index contributed by atoms with van der Waals surface area (Å²) in [7, 11) is 0. The van der Waals surface area contributed by atoms with Crippen molar-refractivity contribution in [3.8, 4) is 0 Å². The Morgan fingerprint density at radius 3 is 0.893 bits per heavy atom. The molecule has 3 saturated carbocycles. The first-order valence-corrected chi connectivity index (χ1v) is 15.4. The summed E-state index contributed by atoms with van der Waals surface area (Å²) in [6, 6.07) is 0. The molecule has 0 aromatic rings. The highest BCUT2D eigenvalue weighted by Gasteiger charge is 2.62. The maximum Gasteiger partial charge on any atom is 0.283 e. The van der Waals surface area contributed by atoms with Crippen LogP contribution in [0.3, 0.4) is 0 Å². The summed E-state index contributed by atoms with van der Waals surface area (Å²) in [6.45, 7) is 7.55. The maximum atomic E-state index is 2.52. The van der Waals surface area contributed by atoms with Crippen LogP contribution in [0.15, 0.2) is 0 Å². The average molecular weight is 403 g/mol. The zero-order valence-corrected chi connectivity index (χ0v) is 21.1. The third-order valence-corrected chi connectivity index (χ3v) is 15.9. The smallest absolute Gasteiger partial charge is 0.0698 e. The van der Waals surface area contributed by atoms with E-state index in [0.717, 1.165) is 12.8 Å². The molecule has 0 aromatic heterocycles. The van der Waals surface area contributed by atoms with Crippen LogP contribution in [0.2, 0.25) is 12.8 Å². The van der Waals surface area contributed by atoms with E-state index in [1.54, 1.807) is 96.3 Å². The average Bonchev–Trinajstić information content (AvgIpc) is 2.71. The van der Waals surface area contributed by atoms with Gasteiger partial charge < -0.3 is 0 Å². The Hall–Kier alpha value is 0.532. The Morgan fingerprint density at radius 2 is 0.679 bits per heavy atom. The van der Waals surface area contributed by atoms with Crippen molar-refractivity contribution in [3.63, 3.8) is 0 Å². The molecular weight excluding hydrogens is 351 g/mol. The summed E-state index contributed by atoms with van der Waals surface area (Å²) in [5.74, 6) is 0. The SMILES string of the molecule is CCC[C]1([Al]([C]2(CCC)CCCCC2)[C]2(CCC)CCCCC2)CCCCC1. The van der Waals surface area contributed by atoms with Crippen molar-refractivity contribution < 1.29 is 0 Å². The monoisotopic (exact) mass is 402 g/mol. The van der Waals surface area contributed by atoms with Crippen LogP contribution < -0.4 is 0 Å². The van der Waals surface area contributed by atoms with E-state index in [1.165, 1.54) is 38.5 Å². The van der Waals surface area contributed by atoms with Gasteiger partial charge >= 0.3 is 0 Å². The van der Waals surface area contributed by atoms with Crippen LogP contribution in [-0.2, 0) is 0 Å². The van der Waals surface area contributed by atoms with Gasteiger partial charge in [0.2, 0.25) is 0 Å². The van der Waals surface area contributed by atoms with Gasteiger partial charge in [-0.1, -0.05) is 168 Å². The lowest BCUT2D eigenvalue weighted by molar-refractivity contribution is 0.250. The zero-order chi connectivity index (χ0) is 19.9. The van der Waals surface area contributed by atoms with E-state index >= 15 is 0 Å². The van der Waals surface area contributed by atoms with Crippen molar-refractivity contribution in [3.05, 3.63) is 0 Å². The molecule has 0 unspecified atom stereocenters. The van der Waals surface area contributed by atoms with Crippen LogP contribution in [0.25, 0.3) is 0 Å². The minimum absolute atomic E-state index is 0.825. The number of rotatable bonds is 9. The summed E-state index contributed by atoms with van der Waals surface area (Å²) in [5.41, 5.74) is 0. The van der Waals surface area contributed by atoms with Gasteiger partial charge in [0.25, 0.3) is 14.1 Å². The molecule has 1 heteroatoms. The maximum absolute atomic E-state index is 2.52. The predicted molar refractivity (Wildman–Crippen MR) is 128 cm³/mol. The fourth-order valence-electron chi connectivity index (χ4n) is 9.26. The fraction of sp³-hybridized carbons (Fsp3) is 1.00. The summed E-state index contributed by atoms with van der Waals surface area (Å²) in [5, 5.41) is 0. The normalized spacial score (nSPS) is 26.7. The Labute approximate surface area is 182 Å². The van der Waals surface area contributed by atoms with Crippen LogP contribution in [-0.4, -0.2) is 14.1 Å². The third kappa shape index (κ3) is 4.72. The lowest BCUT2D eigenvalue weighted by Gasteiger charge is -2.60. The van der Waals surface area contributed by atoms with Crippen molar-refractivity contribution in [2.45, 2.75) is 168 Å². The van der Waals surface area contributed by atoms with Crippen LogP contribution >= 0.6 is 0 Å². The van der Waals surface area contributed by atoms with Gasteiger partial charge in [-0.25, -0.2) is 0 Å². The fourth-order valence-corrected chi connectivity index (χ4v) is 17.8. The Kier molecular flexibility index (Phi) is 8.88. The van der Waals surface area contributed by atoms with Crippen LogP contribution in [0.5, 0.6) is 0 Å². The largest absolute Gasteiger partial charge is 0.283 e. The highest BCUT2D eigenvalue weighted by atomic mass is 27.2. The standard InChI is InChI=1S/3C9H17.Al/c3*1-2-6-9-7-4-3-5-8-9;/h3*2-8H2,1H3;. The molecule has 3 fully saturated rings. The first-order valence-electron chi connectivity index (χ1n) is 13.7. The molecule has 162 valence electrons. The minimum Gasteiger partial charge on any atom is -0.0698 e. The molecule has 0 spiro atoms. The Bertz CT molecular complexity index is 352. The van der Waals surface area contributed by atoms with Crippen molar-refractivity contribution in [1.29, 1.82) is 0 Å². The topological polar surface area (TPSA) is 0 Å². The van der Waals surface area contributed by atoms with Crippen molar-refractivity contribution in [2.24, 2.45) is 0 Å². The quantitative estimate of drug-likeness (QED) is 0.336. The van der Waals surface area contributed by atoms with Gasteiger partial charge in [0.05, 0.1) is 0 Å². The van der Waals surface area contributed by atoms with E-state index in [-0.39, 0.29) is 0 Å². The van der Waals surface area contributed by atoms with E-state index in [4.69, 9.17) is 0 Å². The van der Waals surface area contributed by atoms with E-state index < -0.39 is 14.1 Å². The molecule has 0 nitrogen and oxygen atoms in total. The molecule has 0 amide bonds. The van der Waals surface area contributed by atoms with E-state index in [0.29, 0.717) is 0 Å². The third-order valence-electron chi connectivity index (χ3n) is 9.63. The minimum atomic E-state index is -0.938. The van der Waals surface area contributed by atoms with Gasteiger partial charge in [-0.2, -0.15) is 0 Å². The Balaban J connectivity index is 2.10. The molecule has 0 heterocycles. The molecule has 0 N–H and O–H groups in total. The van der Waals surface area contributed by atoms with E-state index in [2.05, 4.69) is 20.8 Å². The Morgan fingerprint density at radius 1 is 0.429 bits per heavy atom. The molecule has 0 atom stereocenters. The van der Waals surface area contributed by atoms with Crippen molar-refractivity contribution in [1.82, 2.24) is 0 Å². The van der Waals surface area contributed by atoms with Gasteiger partial charge in [-0.15, -0.1) is 0 Å². The second kappa shape index (κ2) is 10.7. The lowest BCUT2D eigenvalue weighted by Crippen LogP contribution is -2.54. The predicted octanol–water partition coefficient (Wildman–Crippen LogP) is 9.99. The molecule has 3 aliphatic rings.